The molecule has 0 radical (unpaired) electrons. The highest BCUT2D eigenvalue weighted by Gasteiger charge is 2.29. The van der Waals surface area contributed by atoms with Gasteiger partial charge in [0.25, 0.3) is 0 Å². The van der Waals surface area contributed by atoms with Gasteiger partial charge < -0.3 is 19.4 Å². The van der Waals surface area contributed by atoms with Crippen LogP contribution in [0.15, 0.2) is 39.6 Å². The molecule has 1 aliphatic heterocycles. The number of rotatable bonds is 4. The summed E-state index contributed by atoms with van der Waals surface area (Å²) in [6, 6.07) is 5.78. The van der Waals surface area contributed by atoms with Gasteiger partial charge in [-0.25, -0.2) is 4.79 Å². The van der Waals surface area contributed by atoms with Gasteiger partial charge in [-0.3, -0.25) is 0 Å². The second-order valence-corrected chi connectivity index (χ2v) is 6.24. The number of amides is 2. The topological polar surface area (TPSA) is 54.7 Å². The standard InChI is InChI=1S/C16H20N2O3S/c1-12-9-18(10-15(21-12)13-5-8-22-11-13)16(19)17-6-4-14-3-2-7-20-14/h2-3,5,7-8,11-12,15H,4,6,9-10H2,1H3,(H,17,19). The molecule has 1 fully saturated rings. The molecule has 0 aliphatic carbocycles. The van der Waals surface area contributed by atoms with Crippen LogP contribution in [0, 0.1) is 0 Å². The van der Waals surface area contributed by atoms with Crippen molar-refractivity contribution in [2.75, 3.05) is 19.6 Å². The molecule has 2 aromatic rings. The number of hydrogen-bond donors (Lipinski definition) is 1. The number of hydrogen-bond acceptors (Lipinski definition) is 4. The number of carbonyl (C=O) groups excluding carboxylic acids is 1. The van der Waals surface area contributed by atoms with Crippen LogP contribution in [-0.2, 0) is 11.2 Å². The van der Waals surface area contributed by atoms with Gasteiger partial charge in [0.1, 0.15) is 11.9 Å². The summed E-state index contributed by atoms with van der Waals surface area (Å²) >= 11 is 1.65. The fourth-order valence-electron chi connectivity index (χ4n) is 2.62. The number of nitrogens with one attached hydrogen (secondary N) is 1. The summed E-state index contributed by atoms with van der Waals surface area (Å²) in [4.78, 5) is 14.2. The summed E-state index contributed by atoms with van der Waals surface area (Å²) in [5.41, 5.74) is 1.14. The van der Waals surface area contributed by atoms with Gasteiger partial charge >= 0.3 is 6.03 Å². The lowest BCUT2D eigenvalue weighted by Gasteiger charge is -2.36. The number of nitrogens with zero attached hydrogens (tertiary/aromatic N) is 1. The van der Waals surface area contributed by atoms with Crippen molar-refractivity contribution in [1.29, 1.82) is 0 Å². The van der Waals surface area contributed by atoms with Crippen molar-refractivity contribution in [2.24, 2.45) is 0 Å². The summed E-state index contributed by atoms with van der Waals surface area (Å²) in [5.74, 6) is 0.881. The van der Waals surface area contributed by atoms with Crippen molar-refractivity contribution in [3.05, 3.63) is 46.5 Å². The first kappa shape index (κ1) is 15.1. The van der Waals surface area contributed by atoms with Crippen molar-refractivity contribution in [1.82, 2.24) is 10.2 Å². The second kappa shape index (κ2) is 6.98. The van der Waals surface area contributed by atoms with Crippen LogP contribution in [0.4, 0.5) is 4.79 Å². The van der Waals surface area contributed by atoms with E-state index in [1.807, 2.05) is 29.3 Å². The van der Waals surface area contributed by atoms with Crippen molar-refractivity contribution >= 4 is 17.4 Å². The molecule has 1 N–H and O–H groups in total. The van der Waals surface area contributed by atoms with Crippen LogP contribution in [-0.4, -0.2) is 36.7 Å². The fourth-order valence-corrected chi connectivity index (χ4v) is 3.32. The monoisotopic (exact) mass is 320 g/mol. The van der Waals surface area contributed by atoms with E-state index in [2.05, 4.69) is 16.8 Å². The third kappa shape index (κ3) is 3.69. The van der Waals surface area contributed by atoms with Gasteiger partial charge in [0, 0.05) is 19.5 Å². The largest absolute Gasteiger partial charge is 0.469 e. The lowest BCUT2D eigenvalue weighted by Crippen LogP contribution is -2.50. The molecule has 2 amide bonds. The van der Waals surface area contributed by atoms with Gasteiger partial charge in [0.15, 0.2) is 0 Å². The van der Waals surface area contributed by atoms with Gasteiger partial charge in [-0.05, 0) is 41.4 Å². The molecule has 2 unspecified atom stereocenters. The lowest BCUT2D eigenvalue weighted by molar-refractivity contribution is -0.0654. The first-order valence-electron chi connectivity index (χ1n) is 7.45. The zero-order chi connectivity index (χ0) is 15.4. The highest BCUT2D eigenvalue weighted by Crippen LogP contribution is 2.26. The minimum absolute atomic E-state index is 0.0363. The molecule has 118 valence electrons. The number of carbonyl (C=O) groups is 1. The maximum Gasteiger partial charge on any atom is 0.317 e. The van der Waals surface area contributed by atoms with E-state index >= 15 is 0 Å². The molecule has 0 spiro atoms. The quantitative estimate of drug-likeness (QED) is 0.942. The molecule has 0 bridgehead atoms. The van der Waals surface area contributed by atoms with Crippen LogP contribution in [0.1, 0.15) is 24.4 Å². The van der Waals surface area contributed by atoms with Crippen LogP contribution in [0.3, 0.4) is 0 Å². The molecule has 3 rings (SSSR count). The molecule has 22 heavy (non-hydrogen) atoms. The molecular formula is C16H20N2O3S. The zero-order valence-electron chi connectivity index (χ0n) is 12.5. The van der Waals surface area contributed by atoms with E-state index in [4.69, 9.17) is 9.15 Å². The maximum absolute atomic E-state index is 12.3. The minimum atomic E-state index is -0.0399. The summed E-state index contributed by atoms with van der Waals surface area (Å²) in [6.07, 6.45) is 2.35. The lowest BCUT2D eigenvalue weighted by atomic mass is 10.1. The highest BCUT2D eigenvalue weighted by atomic mass is 32.1. The average Bonchev–Trinajstić information content (AvgIpc) is 3.20. The Hall–Kier alpha value is -1.79. The van der Waals surface area contributed by atoms with Crippen molar-refractivity contribution < 1.29 is 13.9 Å². The van der Waals surface area contributed by atoms with Crippen LogP contribution >= 0.6 is 11.3 Å². The Balaban J connectivity index is 1.52. The van der Waals surface area contributed by atoms with Gasteiger partial charge in [0.2, 0.25) is 0 Å². The minimum Gasteiger partial charge on any atom is -0.469 e. The Morgan fingerprint density at radius 2 is 2.36 bits per heavy atom. The van der Waals surface area contributed by atoms with Gasteiger partial charge in [-0.1, -0.05) is 0 Å². The Labute approximate surface area is 133 Å². The Kier molecular flexibility index (Phi) is 4.80. The number of thiophene rings is 1. The number of furan rings is 1. The van der Waals surface area contributed by atoms with Gasteiger partial charge in [-0.2, -0.15) is 11.3 Å². The first-order valence-corrected chi connectivity index (χ1v) is 8.39. The third-order valence-electron chi connectivity index (χ3n) is 3.69. The fraction of sp³-hybridized carbons (Fsp3) is 0.438. The molecule has 6 heteroatoms. The summed E-state index contributed by atoms with van der Waals surface area (Å²) in [6.45, 7) is 3.78. The molecule has 5 nitrogen and oxygen atoms in total. The predicted octanol–water partition coefficient (Wildman–Crippen LogP) is 3.06. The highest BCUT2D eigenvalue weighted by molar-refractivity contribution is 7.07. The molecule has 2 atom stereocenters. The van der Waals surface area contributed by atoms with E-state index in [1.165, 1.54) is 0 Å². The molecule has 3 heterocycles. The van der Waals surface area contributed by atoms with Crippen molar-refractivity contribution in [3.63, 3.8) is 0 Å². The molecule has 1 saturated heterocycles. The Morgan fingerprint density at radius 1 is 1.45 bits per heavy atom. The Bertz CT molecular complexity index is 583. The smallest absolute Gasteiger partial charge is 0.317 e. The number of morpholine rings is 1. The third-order valence-corrected chi connectivity index (χ3v) is 4.39. The zero-order valence-corrected chi connectivity index (χ0v) is 13.3. The summed E-state index contributed by atoms with van der Waals surface area (Å²) in [7, 11) is 0. The van der Waals surface area contributed by atoms with Gasteiger partial charge in [0.05, 0.1) is 18.9 Å². The van der Waals surface area contributed by atoms with E-state index in [9.17, 15) is 4.79 Å². The van der Waals surface area contributed by atoms with Crippen molar-refractivity contribution in [2.45, 2.75) is 25.6 Å². The molecule has 0 saturated carbocycles. The normalized spacial score (nSPS) is 21.8. The van der Waals surface area contributed by atoms with E-state index in [-0.39, 0.29) is 18.2 Å². The molecular weight excluding hydrogens is 300 g/mol. The van der Waals surface area contributed by atoms with Crippen LogP contribution in [0.25, 0.3) is 0 Å². The van der Waals surface area contributed by atoms with E-state index in [0.717, 1.165) is 11.3 Å². The van der Waals surface area contributed by atoms with E-state index < -0.39 is 0 Å². The van der Waals surface area contributed by atoms with E-state index in [0.29, 0.717) is 26.1 Å². The summed E-state index contributed by atoms with van der Waals surface area (Å²) in [5, 5.41) is 7.06. The van der Waals surface area contributed by atoms with Crippen LogP contribution in [0.5, 0.6) is 0 Å². The first-order chi connectivity index (χ1) is 10.7. The number of ether oxygens (including phenoxy) is 1. The predicted molar refractivity (Wildman–Crippen MR) is 85.0 cm³/mol. The SMILES string of the molecule is CC1CN(C(=O)NCCc2ccco2)CC(c2ccsc2)O1. The Morgan fingerprint density at radius 3 is 3.09 bits per heavy atom. The van der Waals surface area contributed by atoms with Crippen LogP contribution < -0.4 is 5.32 Å². The van der Waals surface area contributed by atoms with E-state index in [1.54, 1.807) is 17.6 Å². The molecule has 1 aliphatic rings. The summed E-state index contributed by atoms with van der Waals surface area (Å²) < 4.78 is 11.2. The maximum atomic E-state index is 12.3. The molecule has 0 aromatic carbocycles. The second-order valence-electron chi connectivity index (χ2n) is 5.46. The molecule has 2 aromatic heterocycles. The van der Waals surface area contributed by atoms with Crippen molar-refractivity contribution in [3.8, 4) is 0 Å². The number of urea groups is 1. The van der Waals surface area contributed by atoms with Gasteiger partial charge in [-0.15, -0.1) is 0 Å². The van der Waals surface area contributed by atoms with Crippen LogP contribution in [0.2, 0.25) is 0 Å². The average molecular weight is 320 g/mol.